The maximum Gasteiger partial charge on any atom is 0.272 e. The summed E-state index contributed by atoms with van der Waals surface area (Å²) in [5.74, 6) is 0.401. The van der Waals surface area contributed by atoms with Crippen LogP contribution in [0.25, 0.3) is 0 Å². The van der Waals surface area contributed by atoms with E-state index in [9.17, 15) is 9.59 Å². The van der Waals surface area contributed by atoms with Gasteiger partial charge in [0, 0.05) is 29.9 Å². The molecule has 0 atom stereocenters. The Bertz CT molecular complexity index is 939. The molecule has 2 amide bonds. The lowest BCUT2D eigenvalue weighted by atomic mass is 10.2. The monoisotopic (exact) mass is 383 g/mol. The quantitative estimate of drug-likeness (QED) is 0.514. The van der Waals surface area contributed by atoms with Gasteiger partial charge in [0.05, 0.1) is 16.8 Å². The maximum absolute atomic E-state index is 12.5. The Kier molecular flexibility index (Phi) is 5.82. The highest BCUT2D eigenvalue weighted by molar-refractivity contribution is 7.98. The van der Waals surface area contributed by atoms with Gasteiger partial charge in [-0.3, -0.25) is 25.4 Å². The third kappa shape index (κ3) is 4.50. The average Bonchev–Trinajstić information content (AvgIpc) is 3.02. The molecule has 8 nitrogen and oxygen atoms in total. The van der Waals surface area contributed by atoms with E-state index < -0.39 is 11.8 Å². The molecule has 0 saturated heterocycles. The number of hydrogen-bond donors (Lipinski definition) is 2. The standard InChI is InChI=1S/C18H17N5O3S/c1-11-15(12(2)26-23-11)10-27-18-14(6-4-8-20-18)17(25)22-21-16(24)13-5-3-7-19-9-13/h3-9H,10H2,1-2H3,(H,21,24)(H,22,25). The van der Waals surface area contributed by atoms with E-state index in [2.05, 4.69) is 26.0 Å². The van der Waals surface area contributed by atoms with Crippen LogP contribution in [-0.2, 0) is 5.75 Å². The van der Waals surface area contributed by atoms with Crippen LogP contribution in [0.1, 0.15) is 37.7 Å². The highest BCUT2D eigenvalue weighted by Gasteiger charge is 2.16. The first-order valence-electron chi connectivity index (χ1n) is 8.06. The number of rotatable bonds is 5. The molecule has 138 valence electrons. The number of aromatic nitrogens is 3. The molecule has 2 N–H and O–H groups in total. The largest absolute Gasteiger partial charge is 0.361 e. The zero-order valence-electron chi connectivity index (χ0n) is 14.7. The summed E-state index contributed by atoms with van der Waals surface area (Å²) in [5, 5.41) is 4.47. The van der Waals surface area contributed by atoms with E-state index in [1.54, 1.807) is 36.7 Å². The molecule has 0 unspecified atom stereocenters. The Morgan fingerprint density at radius 3 is 2.59 bits per heavy atom. The fourth-order valence-corrected chi connectivity index (χ4v) is 3.42. The van der Waals surface area contributed by atoms with Crippen molar-refractivity contribution in [1.29, 1.82) is 0 Å². The van der Waals surface area contributed by atoms with Gasteiger partial charge in [0.25, 0.3) is 11.8 Å². The van der Waals surface area contributed by atoms with Crippen molar-refractivity contribution < 1.29 is 14.1 Å². The third-order valence-electron chi connectivity index (χ3n) is 3.76. The summed E-state index contributed by atoms with van der Waals surface area (Å²) in [6.45, 7) is 3.71. The van der Waals surface area contributed by atoms with Gasteiger partial charge in [0.1, 0.15) is 10.8 Å². The Balaban J connectivity index is 1.66. The second-order valence-corrected chi connectivity index (χ2v) is 6.56. The van der Waals surface area contributed by atoms with E-state index >= 15 is 0 Å². The zero-order chi connectivity index (χ0) is 19.2. The lowest BCUT2D eigenvalue weighted by Crippen LogP contribution is -2.41. The topological polar surface area (TPSA) is 110 Å². The molecule has 0 fully saturated rings. The van der Waals surface area contributed by atoms with Gasteiger partial charge in [-0.05, 0) is 38.1 Å². The Hall–Kier alpha value is -3.20. The predicted octanol–water partition coefficient (Wildman–Crippen LogP) is 2.45. The summed E-state index contributed by atoms with van der Waals surface area (Å²) in [6.07, 6.45) is 4.59. The average molecular weight is 383 g/mol. The molecule has 0 bridgehead atoms. The van der Waals surface area contributed by atoms with E-state index in [0.29, 0.717) is 21.9 Å². The Morgan fingerprint density at radius 1 is 1.11 bits per heavy atom. The third-order valence-corrected chi connectivity index (χ3v) is 4.80. The Morgan fingerprint density at radius 2 is 1.89 bits per heavy atom. The van der Waals surface area contributed by atoms with Crippen LogP contribution >= 0.6 is 11.8 Å². The molecular formula is C18H17N5O3S. The molecule has 0 radical (unpaired) electrons. The van der Waals surface area contributed by atoms with Crippen molar-refractivity contribution >= 4 is 23.6 Å². The van der Waals surface area contributed by atoms with Crippen LogP contribution in [0, 0.1) is 13.8 Å². The first-order valence-corrected chi connectivity index (χ1v) is 9.05. The van der Waals surface area contributed by atoms with Crippen LogP contribution in [0.5, 0.6) is 0 Å². The molecule has 0 aliphatic heterocycles. The predicted molar refractivity (Wildman–Crippen MR) is 98.9 cm³/mol. The molecule has 0 spiro atoms. The minimum atomic E-state index is -0.457. The summed E-state index contributed by atoms with van der Waals surface area (Å²) in [6, 6.07) is 6.55. The van der Waals surface area contributed by atoms with Gasteiger partial charge in [-0.1, -0.05) is 5.16 Å². The minimum absolute atomic E-state index is 0.344. The van der Waals surface area contributed by atoms with Gasteiger partial charge in [-0.15, -0.1) is 11.8 Å². The smallest absolute Gasteiger partial charge is 0.272 e. The highest BCUT2D eigenvalue weighted by Crippen LogP contribution is 2.27. The number of carbonyl (C=O) groups excluding carboxylic acids is 2. The van der Waals surface area contributed by atoms with Gasteiger partial charge in [-0.25, -0.2) is 4.98 Å². The summed E-state index contributed by atoms with van der Waals surface area (Å²) >= 11 is 1.40. The summed E-state index contributed by atoms with van der Waals surface area (Å²) in [5.41, 5.74) is 7.27. The fraction of sp³-hybridized carbons (Fsp3) is 0.167. The van der Waals surface area contributed by atoms with Gasteiger partial charge in [0.15, 0.2) is 0 Å². The Labute approximate surface area is 159 Å². The van der Waals surface area contributed by atoms with Crippen LogP contribution in [0.15, 0.2) is 52.4 Å². The van der Waals surface area contributed by atoms with Gasteiger partial charge < -0.3 is 4.52 Å². The number of nitrogens with zero attached hydrogens (tertiary/aromatic N) is 3. The van der Waals surface area contributed by atoms with Gasteiger partial charge >= 0.3 is 0 Å². The first kappa shape index (κ1) is 18.6. The summed E-state index contributed by atoms with van der Waals surface area (Å²) in [7, 11) is 0. The number of carbonyl (C=O) groups is 2. The van der Waals surface area contributed by atoms with Gasteiger partial charge in [-0.2, -0.15) is 0 Å². The fourth-order valence-electron chi connectivity index (χ4n) is 2.28. The zero-order valence-corrected chi connectivity index (χ0v) is 15.5. The van der Waals surface area contributed by atoms with Gasteiger partial charge in [0.2, 0.25) is 0 Å². The van der Waals surface area contributed by atoms with Crippen LogP contribution < -0.4 is 10.9 Å². The molecule has 0 aliphatic carbocycles. The number of aryl methyl sites for hydroxylation is 2. The number of hydrogen-bond acceptors (Lipinski definition) is 7. The minimum Gasteiger partial charge on any atom is -0.361 e. The number of thioether (sulfide) groups is 1. The molecule has 0 aliphatic rings. The molecule has 3 aromatic heterocycles. The van der Waals surface area contributed by atoms with E-state index in [0.717, 1.165) is 17.0 Å². The molecule has 0 aromatic carbocycles. The molecule has 3 heterocycles. The second kappa shape index (κ2) is 8.45. The van der Waals surface area contributed by atoms with Crippen LogP contribution in [0.3, 0.4) is 0 Å². The van der Waals surface area contributed by atoms with Crippen molar-refractivity contribution in [3.63, 3.8) is 0 Å². The molecule has 0 saturated carbocycles. The lowest BCUT2D eigenvalue weighted by molar-refractivity contribution is 0.0844. The molecule has 3 rings (SSSR count). The van der Waals surface area contributed by atoms with E-state index in [1.165, 1.54) is 18.0 Å². The van der Waals surface area contributed by atoms with Crippen molar-refractivity contribution in [3.05, 3.63) is 71.0 Å². The summed E-state index contributed by atoms with van der Waals surface area (Å²) in [4.78, 5) is 32.6. The number of nitrogens with one attached hydrogen (secondary N) is 2. The lowest BCUT2D eigenvalue weighted by Gasteiger charge is -2.10. The molecular weight excluding hydrogens is 366 g/mol. The summed E-state index contributed by atoms with van der Waals surface area (Å²) < 4.78 is 5.15. The first-order chi connectivity index (χ1) is 13.1. The van der Waals surface area contributed by atoms with E-state index in [-0.39, 0.29) is 0 Å². The van der Waals surface area contributed by atoms with E-state index in [4.69, 9.17) is 4.52 Å². The number of hydrazine groups is 1. The highest BCUT2D eigenvalue weighted by atomic mass is 32.2. The van der Waals surface area contributed by atoms with Crippen LogP contribution in [-0.4, -0.2) is 26.9 Å². The van der Waals surface area contributed by atoms with Crippen molar-refractivity contribution in [1.82, 2.24) is 26.0 Å². The number of pyridine rings is 2. The SMILES string of the molecule is Cc1noc(C)c1CSc1ncccc1C(=O)NNC(=O)c1cccnc1. The maximum atomic E-state index is 12.5. The number of amides is 2. The second-order valence-electron chi connectivity index (χ2n) is 5.60. The molecule has 9 heteroatoms. The van der Waals surface area contributed by atoms with Crippen molar-refractivity contribution in [3.8, 4) is 0 Å². The normalized spacial score (nSPS) is 10.4. The van der Waals surface area contributed by atoms with Crippen molar-refractivity contribution in [2.24, 2.45) is 0 Å². The molecule has 27 heavy (non-hydrogen) atoms. The van der Waals surface area contributed by atoms with E-state index in [1.807, 2.05) is 13.8 Å². The van der Waals surface area contributed by atoms with Crippen molar-refractivity contribution in [2.75, 3.05) is 0 Å². The molecule has 3 aromatic rings. The van der Waals surface area contributed by atoms with Crippen molar-refractivity contribution in [2.45, 2.75) is 24.6 Å². The van der Waals surface area contributed by atoms with Crippen LogP contribution in [0.4, 0.5) is 0 Å². The van der Waals surface area contributed by atoms with Crippen LogP contribution in [0.2, 0.25) is 0 Å².